The minimum atomic E-state index is -2.49. The fourth-order valence-electron chi connectivity index (χ4n) is 4.62. The van der Waals surface area contributed by atoms with Crippen LogP contribution in [-0.4, -0.2) is 72.3 Å². The molecule has 0 saturated heterocycles. The van der Waals surface area contributed by atoms with Crippen LogP contribution in [0.4, 0.5) is 15.0 Å². The lowest BCUT2D eigenvalue weighted by molar-refractivity contribution is -0.152. The van der Waals surface area contributed by atoms with Crippen molar-refractivity contribution in [2.75, 3.05) is 11.9 Å². The minimum absolute atomic E-state index is 0.0202. The molecule has 0 radical (unpaired) electrons. The Morgan fingerprint density at radius 3 is 2.24 bits per heavy atom. The monoisotopic (exact) mass is 660 g/mol. The summed E-state index contributed by atoms with van der Waals surface area (Å²) in [4.78, 5) is 63.4. The summed E-state index contributed by atoms with van der Waals surface area (Å²) < 4.78 is 32.5. The fraction of sp³-hybridized carbons (Fsp3) is 0.636. The van der Waals surface area contributed by atoms with E-state index in [4.69, 9.17) is 13.9 Å². The number of nitrogens with zero attached hydrogens (tertiary/aromatic N) is 2. The number of carbonyl (C=O) groups is 4. The Hall–Kier alpha value is -3.45. The Labute approximate surface area is 271 Å². The van der Waals surface area contributed by atoms with Crippen LogP contribution in [0.25, 0.3) is 11.0 Å². The van der Waals surface area contributed by atoms with Crippen molar-refractivity contribution in [3.63, 3.8) is 0 Å². The van der Waals surface area contributed by atoms with Crippen molar-refractivity contribution in [1.29, 1.82) is 0 Å². The number of hydrogen-bond acceptors (Lipinski definition) is 10. The van der Waals surface area contributed by atoms with E-state index in [0.29, 0.717) is 17.0 Å². The normalized spacial score (nSPS) is 15.9. The number of fused-ring (bicyclic) bond motifs is 1. The molecule has 1 heterocycles. The second-order valence-corrected chi connectivity index (χ2v) is 19.2. The van der Waals surface area contributed by atoms with Crippen molar-refractivity contribution in [3.8, 4) is 0 Å². The number of ketones is 2. The molecule has 2 N–H and O–H groups in total. The zero-order valence-electron chi connectivity index (χ0n) is 28.9. The van der Waals surface area contributed by atoms with Crippen LogP contribution in [0.2, 0.25) is 18.1 Å². The van der Waals surface area contributed by atoms with Crippen molar-refractivity contribution in [3.05, 3.63) is 29.2 Å². The lowest BCUT2D eigenvalue weighted by atomic mass is 9.88. The first-order valence-electron chi connectivity index (χ1n) is 15.8. The SMILES string of the molecule is CCOC(=O)C(CC(=O)c1c(F)ccc2nc(C)c(NC3CC3)nc12)C(=O)C(NC(=O)OC(C)(C)C)C(C)O[Si](C)(C)C(C)(C)C. The third-order valence-corrected chi connectivity index (χ3v) is 12.8. The molecule has 1 amide bonds. The summed E-state index contributed by atoms with van der Waals surface area (Å²) in [6, 6.07) is 1.38. The summed E-state index contributed by atoms with van der Waals surface area (Å²) in [7, 11) is -2.49. The molecule has 11 nitrogen and oxygen atoms in total. The van der Waals surface area contributed by atoms with E-state index >= 15 is 4.39 Å². The maximum Gasteiger partial charge on any atom is 0.408 e. The number of Topliss-reactive ketones (excluding diaryl/α,β-unsaturated/α-hetero) is 2. The van der Waals surface area contributed by atoms with Crippen LogP contribution in [-0.2, 0) is 23.5 Å². The molecule has 1 aliphatic rings. The van der Waals surface area contributed by atoms with Crippen LogP contribution in [0.5, 0.6) is 0 Å². The number of nitrogens with one attached hydrogen (secondary N) is 2. The number of esters is 1. The lowest BCUT2D eigenvalue weighted by Gasteiger charge is -2.40. The lowest BCUT2D eigenvalue weighted by Crippen LogP contribution is -2.56. The molecule has 1 aromatic carbocycles. The number of alkyl carbamates (subject to hydrolysis) is 1. The summed E-state index contributed by atoms with van der Waals surface area (Å²) in [5, 5.41) is 5.59. The molecule has 3 atom stereocenters. The van der Waals surface area contributed by atoms with E-state index < -0.39 is 67.8 Å². The van der Waals surface area contributed by atoms with E-state index in [2.05, 4.69) is 20.6 Å². The summed E-state index contributed by atoms with van der Waals surface area (Å²) >= 11 is 0. The predicted molar refractivity (Wildman–Crippen MR) is 176 cm³/mol. The molecule has 254 valence electrons. The summed E-state index contributed by atoms with van der Waals surface area (Å²) in [5.41, 5.74) is -0.352. The average molecular weight is 661 g/mol. The number of carbonyl (C=O) groups excluding carboxylic acids is 4. The quantitative estimate of drug-likeness (QED) is 0.109. The number of aryl methyl sites for hydroxylation is 1. The summed E-state index contributed by atoms with van der Waals surface area (Å²) in [5.74, 6) is -4.74. The number of anilines is 1. The highest BCUT2D eigenvalue weighted by molar-refractivity contribution is 6.74. The van der Waals surface area contributed by atoms with E-state index in [1.165, 1.54) is 6.07 Å². The zero-order chi connectivity index (χ0) is 34.8. The van der Waals surface area contributed by atoms with Gasteiger partial charge in [0.25, 0.3) is 0 Å². The first-order chi connectivity index (χ1) is 21.1. The van der Waals surface area contributed by atoms with Gasteiger partial charge in [-0.2, -0.15) is 0 Å². The van der Waals surface area contributed by atoms with Crippen molar-refractivity contribution >= 4 is 48.8 Å². The molecular weight excluding hydrogens is 611 g/mol. The number of rotatable bonds is 13. The molecule has 1 fully saturated rings. The Balaban J connectivity index is 2.04. The van der Waals surface area contributed by atoms with E-state index in [0.717, 1.165) is 18.9 Å². The van der Waals surface area contributed by atoms with Gasteiger partial charge < -0.3 is 24.5 Å². The average Bonchev–Trinajstić information content (AvgIpc) is 3.73. The van der Waals surface area contributed by atoms with E-state index in [1.807, 2.05) is 33.9 Å². The molecule has 0 aliphatic heterocycles. The van der Waals surface area contributed by atoms with Gasteiger partial charge in [-0.25, -0.2) is 19.2 Å². The van der Waals surface area contributed by atoms with Crippen molar-refractivity contribution in [1.82, 2.24) is 15.3 Å². The molecule has 2 aromatic rings. The van der Waals surface area contributed by atoms with Crippen molar-refractivity contribution in [2.24, 2.45) is 5.92 Å². The molecule has 3 unspecified atom stereocenters. The van der Waals surface area contributed by atoms with E-state index in [-0.39, 0.29) is 28.8 Å². The topological polar surface area (TPSA) is 146 Å². The van der Waals surface area contributed by atoms with Crippen LogP contribution >= 0.6 is 0 Å². The molecule has 46 heavy (non-hydrogen) atoms. The van der Waals surface area contributed by atoms with Crippen LogP contribution in [0, 0.1) is 18.7 Å². The third-order valence-electron chi connectivity index (χ3n) is 8.20. The molecular formula is C33H49FN4O7Si. The Bertz CT molecular complexity index is 1480. The molecule has 1 aromatic heterocycles. The standard InChI is InChI=1S/C33H49FN4O7Si/c1-12-43-30(41)21(28(40)26(38-31(42)44-32(4,5)6)19(3)45-46(10,11)33(7,8)9)17-24(39)25-22(34)15-16-23-27(25)37-29(18(2)35-23)36-20-13-14-20/h15-16,19-21,26H,12-14,17H2,1-11H3,(H,36,37)(H,38,42). The van der Waals surface area contributed by atoms with Gasteiger partial charge in [-0.1, -0.05) is 20.8 Å². The number of ether oxygens (including phenoxy) is 2. The van der Waals surface area contributed by atoms with Gasteiger partial charge in [0, 0.05) is 12.5 Å². The zero-order valence-corrected chi connectivity index (χ0v) is 29.9. The number of benzene rings is 1. The van der Waals surface area contributed by atoms with Crippen molar-refractivity contribution in [2.45, 2.75) is 123 Å². The van der Waals surface area contributed by atoms with Gasteiger partial charge in [0.05, 0.1) is 29.5 Å². The second kappa shape index (κ2) is 14.1. The number of amides is 1. The van der Waals surface area contributed by atoms with Gasteiger partial charge in [-0.15, -0.1) is 0 Å². The van der Waals surface area contributed by atoms with Gasteiger partial charge in [0.1, 0.15) is 34.7 Å². The fourth-order valence-corrected chi connectivity index (χ4v) is 6.04. The van der Waals surface area contributed by atoms with Crippen LogP contribution in [0.15, 0.2) is 12.1 Å². The first-order valence-corrected chi connectivity index (χ1v) is 18.7. The smallest absolute Gasteiger partial charge is 0.408 e. The second-order valence-electron chi connectivity index (χ2n) is 14.4. The van der Waals surface area contributed by atoms with Crippen LogP contribution < -0.4 is 10.6 Å². The number of hydrogen-bond donors (Lipinski definition) is 2. The maximum atomic E-state index is 15.4. The Kier molecular flexibility index (Phi) is 11.4. The minimum Gasteiger partial charge on any atom is -0.465 e. The first kappa shape index (κ1) is 37.0. The molecule has 1 aliphatic carbocycles. The van der Waals surface area contributed by atoms with Crippen LogP contribution in [0.3, 0.4) is 0 Å². The van der Waals surface area contributed by atoms with Gasteiger partial charge in [0.2, 0.25) is 0 Å². The predicted octanol–water partition coefficient (Wildman–Crippen LogP) is 6.28. The highest BCUT2D eigenvalue weighted by Gasteiger charge is 2.44. The maximum absolute atomic E-state index is 15.4. The third kappa shape index (κ3) is 9.31. The molecule has 13 heteroatoms. The highest BCUT2D eigenvalue weighted by Crippen LogP contribution is 2.38. The number of aromatic nitrogens is 2. The van der Waals surface area contributed by atoms with E-state index in [9.17, 15) is 19.2 Å². The van der Waals surface area contributed by atoms with Gasteiger partial charge in [0.15, 0.2) is 19.9 Å². The Morgan fingerprint density at radius 2 is 1.70 bits per heavy atom. The molecule has 3 rings (SSSR count). The van der Waals surface area contributed by atoms with Gasteiger partial charge >= 0.3 is 12.1 Å². The summed E-state index contributed by atoms with van der Waals surface area (Å²) in [6.07, 6.45) is -0.603. The summed E-state index contributed by atoms with van der Waals surface area (Å²) in [6.45, 7) is 20.0. The number of halogens is 1. The van der Waals surface area contributed by atoms with Gasteiger partial charge in [-0.05, 0) is 84.6 Å². The molecule has 1 saturated carbocycles. The van der Waals surface area contributed by atoms with E-state index in [1.54, 1.807) is 41.5 Å². The van der Waals surface area contributed by atoms with Crippen LogP contribution in [0.1, 0.15) is 90.7 Å². The Morgan fingerprint density at radius 1 is 1.07 bits per heavy atom. The largest absolute Gasteiger partial charge is 0.465 e. The van der Waals surface area contributed by atoms with Gasteiger partial charge in [-0.3, -0.25) is 14.4 Å². The highest BCUT2D eigenvalue weighted by atomic mass is 28.4. The molecule has 0 bridgehead atoms. The molecule has 0 spiro atoms. The van der Waals surface area contributed by atoms with Crippen molar-refractivity contribution < 1.29 is 37.5 Å².